The number of anilines is 2. The summed E-state index contributed by atoms with van der Waals surface area (Å²) < 4.78 is 4.98. The van der Waals surface area contributed by atoms with Crippen molar-refractivity contribution in [3.8, 4) is 28.4 Å². The van der Waals surface area contributed by atoms with Gasteiger partial charge in [-0.25, -0.2) is 15.0 Å². The predicted molar refractivity (Wildman–Crippen MR) is 129 cm³/mol. The molecule has 0 atom stereocenters. The molecule has 0 saturated carbocycles. The largest absolute Gasteiger partial charge is 0.476 e. The molecule has 0 fully saturated rings. The van der Waals surface area contributed by atoms with Crippen molar-refractivity contribution in [2.75, 3.05) is 30.8 Å². The third kappa shape index (κ3) is 5.16. The summed E-state index contributed by atoms with van der Waals surface area (Å²) in [6, 6.07) is 8.04. The summed E-state index contributed by atoms with van der Waals surface area (Å²) in [6.07, 6.45) is 4.93. The summed E-state index contributed by atoms with van der Waals surface area (Å²) in [5.41, 5.74) is 2.57. The number of rotatable bonds is 9. The Morgan fingerprint density at radius 3 is 2.62 bits per heavy atom. The number of aromatic amines is 1. The van der Waals surface area contributed by atoms with Gasteiger partial charge >= 0.3 is 5.69 Å². The summed E-state index contributed by atoms with van der Waals surface area (Å²) in [5.74, 6) is 0.763. The quantitative estimate of drug-likeness (QED) is 0.169. The van der Waals surface area contributed by atoms with Gasteiger partial charge in [0.05, 0.1) is 41.0 Å². The van der Waals surface area contributed by atoms with E-state index < -0.39 is 4.92 Å². The topological polar surface area (TPSA) is 144 Å². The zero-order valence-corrected chi connectivity index (χ0v) is 19.3. The molecule has 4 rings (SSSR count). The fraction of sp³-hybridized carbons (Fsp3) is 0.143. The van der Waals surface area contributed by atoms with Crippen LogP contribution in [0.1, 0.15) is 0 Å². The lowest BCUT2D eigenvalue weighted by atomic mass is 10.1. The Morgan fingerprint density at radius 1 is 1.09 bits per heavy atom. The number of pyridine rings is 1. The van der Waals surface area contributed by atoms with Crippen LogP contribution in [-0.4, -0.2) is 50.0 Å². The molecule has 0 aliphatic carbocycles. The predicted octanol–water partition coefficient (Wildman–Crippen LogP) is 4.68. The molecule has 13 heteroatoms. The molecule has 0 bridgehead atoms. The van der Waals surface area contributed by atoms with Crippen LogP contribution >= 0.6 is 23.2 Å². The standard InChI is InChI=1S/C21H18Cl2N8O3/c1-34-20-17(31(32)33)4-5-18(29-20)25-6-7-26-21-27-9-14(16-10-24-11-28-16)19(30-21)13-3-2-12(22)8-15(13)23/h2-5,8-11H,6-7H2,1H3,(H,24,28)(H,25,29)(H,26,27,30). The molecule has 0 saturated heterocycles. The molecule has 0 radical (unpaired) electrons. The summed E-state index contributed by atoms with van der Waals surface area (Å²) in [4.78, 5) is 30.7. The highest BCUT2D eigenvalue weighted by atomic mass is 35.5. The first-order valence-corrected chi connectivity index (χ1v) is 10.7. The molecule has 174 valence electrons. The van der Waals surface area contributed by atoms with Crippen LogP contribution < -0.4 is 15.4 Å². The number of nitrogens with one attached hydrogen (secondary N) is 3. The minimum absolute atomic E-state index is 0.0647. The Labute approximate surface area is 203 Å². The van der Waals surface area contributed by atoms with E-state index in [0.29, 0.717) is 46.2 Å². The van der Waals surface area contributed by atoms with E-state index in [-0.39, 0.29) is 11.6 Å². The lowest BCUT2D eigenvalue weighted by molar-refractivity contribution is -0.386. The normalized spacial score (nSPS) is 10.7. The summed E-state index contributed by atoms with van der Waals surface area (Å²) >= 11 is 12.5. The van der Waals surface area contributed by atoms with Crippen molar-refractivity contribution in [2.24, 2.45) is 0 Å². The van der Waals surface area contributed by atoms with E-state index in [9.17, 15) is 10.1 Å². The average molecular weight is 501 g/mol. The van der Waals surface area contributed by atoms with Crippen LogP contribution in [0.15, 0.2) is 49.1 Å². The van der Waals surface area contributed by atoms with Crippen LogP contribution in [0, 0.1) is 10.1 Å². The zero-order valence-electron chi connectivity index (χ0n) is 17.7. The van der Waals surface area contributed by atoms with E-state index in [2.05, 4.69) is 35.6 Å². The number of nitrogens with zero attached hydrogens (tertiary/aromatic N) is 5. The van der Waals surface area contributed by atoms with Crippen LogP contribution in [0.25, 0.3) is 22.5 Å². The number of benzene rings is 1. The Bertz CT molecular complexity index is 1320. The Morgan fingerprint density at radius 2 is 1.91 bits per heavy atom. The summed E-state index contributed by atoms with van der Waals surface area (Å²) in [5, 5.41) is 18.2. The molecular weight excluding hydrogens is 483 g/mol. The lowest BCUT2D eigenvalue weighted by Gasteiger charge is -2.12. The number of H-pyrrole nitrogens is 1. The monoisotopic (exact) mass is 500 g/mol. The van der Waals surface area contributed by atoms with Gasteiger partial charge in [-0.3, -0.25) is 10.1 Å². The van der Waals surface area contributed by atoms with E-state index >= 15 is 0 Å². The second-order valence-corrected chi connectivity index (χ2v) is 7.72. The van der Waals surface area contributed by atoms with Gasteiger partial charge in [-0.15, -0.1) is 0 Å². The molecule has 0 aliphatic heterocycles. The van der Waals surface area contributed by atoms with Crippen LogP contribution in [0.5, 0.6) is 5.88 Å². The number of halogens is 2. The fourth-order valence-electron chi connectivity index (χ4n) is 3.14. The summed E-state index contributed by atoms with van der Waals surface area (Å²) in [7, 11) is 1.33. The zero-order chi connectivity index (χ0) is 24.1. The molecule has 4 aromatic rings. The third-order valence-corrected chi connectivity index (χ3v) is 5.26. The van der Waals surface area contributed by atoms with Gasteiger partial charge < -0.3 is 20.4 Å². The lowest BCUT2D eigenvalue weighted by Crippen LogP contribution is -2.16. The van der Waals surface area contributed by atoms with Crippen LogP contribution in [-0.2, 0) is 0 Å². The van der Waals surface area contributed by atoms with Crippen molar-refractivity contribution in [2.45, 2.75) is 0 Å². The van der Waals surface area contributed by atoms with Crippen molar-refractivity contribution in [1.29, 1.82) is 0 Å². The molecule has 0 unspecified atom stereocenters. The molecule has 3 aromatic heterocycles. The average Bonchev–Trinajstić information content (AvgIpc) is 3.36. The summed E-state index contributed by atoms with van der Waals surface area (Å²) in [6.45, 7) is 0.884. The third-order valence-electron chi connectivity index (χ3n) is 4.71. The Kier molecular flexibility index (Phi) is 7.04. The molecule has 11 nitrogen and oxygen atoms in total. The van der Waals surface area contributed by atoms with Gasteiger partial charge in [0.2, 0.25) is 5.95 Å². The maximum absolute atomic E-state index is 11.0. The first kappa shape index (κ1) is 23.2. The Hall–Kier alpha value is -3.96. The van der Waals surface area contributed by atoms with Crippen LogP contribution in [0.2, 0.25) is 10.0 Å². The first-order valence-electron chi connectivity index (χ1n) is 9.94. The number of imidazole rings is 1. The number of aromatic nitrogens is 5. The molecule has 0 aliphatic rings. The van der Waals surface area contributed by atoms with Crippen molar-refractivity contribution < 1.29 is 9.66 Å². The van der Waals surface area contributed by atoms with Crippen molar-refractivity contribution >= 4 is 40.7 Å². The van der Waals surface area contributed by atoms with Crippen LogP contribution in [0.4, 0.5) is 17.5 Å². The molecular formula is C21H18Cl2N8O3. The minimum Gasteiger partial charge on any atom is -0.476 e. The van der Waals surface area contributed by atoms with Gasteiger partial charge in [0, 0.05) is 41.5 Å². The van der Waals surface area contributed by atoms with E-state index in [0.717, 1.165) is 11.3 Å². The van der Waals surface area contributed by atoms with Gasteiger partial charge in [-0.05, 0) is 24.3 Å². The molecule has 1 aromatic carbocycles. The number of ether oxygens (including phenoxy) is 1. The number of nitro groups is 1. The highest BCUT2D eigenvalue weighted by molar-refractivity contribution is 6.36. The second kappa shape index (κ2) is 10.3. The fourth-order valence-corrected chi connectivity index (χ4v) is 3.64. The van der Waals surface area contributed by atoms with E-state index in [1.165, 1.54) is 19.2 Å². The highest BCUT2D eigenvalue weighted by Crippen LogP contribution is 2.35. The van der Waals surface area contributed by atoms with Crippen molar-refractivity contribution in [1.82, 2.24) is 24.9 Å². The first-order chi connectivity index (χ1) is 16.5. The van der Waals surface area contributed by atoms with Gasteiger partial charge in [0.1, 0.15) is 5.82 Å². The minimum atomic E-state index is -0.550. The van der Waals surface area contributed by atoms with Gasteiger partial charge in [-0.2, -0.15) is 4.98 Å². The maximum atomic E-state index is 11.0. The highest BCUT2D eigenvalue weighted by Gasteiger charge is 2.17. The second-order valence-electron chi connectivity index (χ2n) is 6.88. The van der Waals surface area contributed by atoms with Crippen LogP contribution in [0.3, 0.4) is 0 Å². The molecule has 3 N–H and O–H groups in total. The maximum Gasteiger partial charge on any atom is 0.331 e. The van der Waals surface area contributed by atoms with Gasteiger partial charge in [-0.1, -0.05) is 23.2 Å². The molecule has 3 heterocycles. The van der Waals surface area contributed by atoms with E-state index in [1.807, 2.05) is 0 Å². The van der Waals surface area contributed by atoms with E-state index in [4.69, 9.17) is 27.9 Å². The molecule has 0 amide bonds. The molecule has 0 spiro atoms. The number of hydrogen-bond acceptors (Lipinski definition) is 9. The van der Waals surface area contributed by atoms with Crippen molar-refractivity contribution in [3.05, 3.63) is 69.2 Å². The SMILES string of the molecule is COc1nc(NCCNc2ncc(-c3cnc[nH]3)c(-c3ccc(Cl)cc3Cl)n2)ccc1[N+](=O)[O-]. The number of methoxy groups -OCH3 is 1. The number of hydrogen-bond donors (Lipinski definition) is 3. The van der Waals surface area contributed by atoms with E-state index in [1.54, 1.807) is 36.9 Å². The Balaban J connectivity index is 1.49. The molecule has 34 heavy (non-hydrogen) atoms. The van der Waals surface area contributed by atoms with Gasteiger partial charge in [0.25, 0.3) is 5.88 Å². The van der Waals surface area contributed by atoms with Gasteiger partial charge in [0.15, 0.2) is 0 Å². The smallest absolute Gasteiger partial charge is 0.331 e. The van der Waals surface area contributed by atoms with Crippen molar-refractivity contribution in [3.63, 3.8) is 0 Å².